The molecular weight excluding hydrogens is 393 g/mol. The number of methoxy groups -OCH3 is 3. The van der Waals surface area contributed by atoms with Crippen LogP contribution in [0.15, 0.2) is 41.0 Å². The minimum absolute atomic E-state index is 0.111. The maximum atomic E-state index is 12.2. The normalized spacial score (nSPS) is 14.8. The number of hydrogen-bond acceptors (Lipinski definition) is 6. The molecule has 8 heteroatoms. The van der Waals surface area contributed by atoms with E-state index in [0.717, 1.165) is 0 Å². The molecule has 0 saturated carbocycles. The lowest BCUT2D eigenvalue weighted by atomic mass is 10.1. The van der Waals surface area contributed by atoms with Crippen molar-refractivity contribution >= 4 is 41.1 Å². The van der Waals surface area contributed by atoms with E-state index in [1.165, 1.54) is 21.3 Å². The quantitative estimate of drug-likeness (QED) is 0.543. The summed E-state index contributed by atoms with van der Waals surface area (Å²) in [6, 6.07) is 8.23. The van der Waals surface area contributed by atoms with Crippen LogP contribution in [0.3, 0.4) is 0 Å². The Labute approximate surface area is 165 Å². The van der Waals surface area contributed by atoms with Gasteiger partial charge in [0, 0.05) is 5.02 Å². The van der Waals surface area contributed by atoms with Gasteiger partial charge in [-0.25, -0.2) is 9.79 Å². The third-order valence-corrected chi connectivity index (χ3v) is 4.32. The Morgan fingerprint density at radius 2 is 1.67 bits per heavy atom. The number of carbonyl (C=O) groups excluding carboxylic acids is 1. The number of benzene rings is 2. The van der Waals surface area contributed by atoms with Gasteiger partial charge in [-0.3, -0.25) is 0 Å². The van der Waals surface area contributed by atoms with E-state index in [1.54, 1.807) is 36.4 Å². The molecule has 27 heavy (non-hydrogen) atoms. The van der Waals surface area contributed by atoms with Crippen molar-refractivity contribution in [3.63, 3.8) is 0 Å². The molecule has 0 unspecified atom stereocenters. The molecule has 0 radical (unpaired) electrons. The molecule has 6 nitrogen and oxygen atoms in total. The van der Waals surface area contributed by atoms with Gasteiger partial charge in [0.2, 0.25) is 11.6 Å². The van der Waals surface area contributed by atoms with E-state index >= 15 is 0 Å². The number of halogens is 2. The first-order valence-corrected chi connectivity index (χ1v) is 8.50. The Morgan fingerprint density at radius 3 is 2.22 bits per heavy atom. The fourth-order valence-corrected chi connectivity index (χ4v) is 3.02. The lowest BCUT2D eigenvalue weighted by Gasteiger charge is -2.12. The van der Waals surface area contributed by atoms with Crippen LogP contribution in [0.1, 0.15) is 11.1 Å². The second-order valence-corrected chi connectivity index (χ2v) is 6.26. The predicted octanol–water partition coefficient (Wildman–Crippen LogP) is 4.36. The molecule has 2 aromatic rings. The van der Waals surface area contributed by atoms with Gasteiger partial charge in [-0.15, -0.1) is 0 Å². The zero-order valence-corrected chi connectivity index (χ0v) is 16.2. The van der Waals surface area contributed by atoms with E-state index in [4.69, 9.17) is 42.1 Å². The summed E-state index contributed by atoms with van der Waals surface area (Å²) in [6.45, 7) is 0. The van der Waals surface area contributed by atoms with Crippen molar-refractivity contribution in [1.29, 1.82) is 0 Å². The third-order valence-electron chi connectivity index (χ3n) is 3.77. The zero-order chi connectivity index (χ0) is 19.6. The molecular formula is C19H15Cl2NO5. The standard InChI is InChI=1S/C19H15Cl2NO5/c1-24-15-7-10(8-16(25-2)17(15)26-3)6-14-19(23)27-18(22-14)12-5-4-11(20)9-13(12)21/h4-9H,1-3H3. The minimum atomic E-state index is -0.593. The van der Waals surface area contributed by atoms with Gasteiger partial charge >= 0.3 is 5.97 Å². The molecule has 0 N–H and O–H groups in total. The highest BCUT2D eigenvalue weighted by atomic mass is 35.5. The summed E-state index contributed by atoms with van der Waals surface area (Å²) in [6.07, 6.45) is 1.56. The molecule has 0 aromatic heterocycles. The Balaban J connectivity index is 2.02. The van der Waals surface area contributed by atoms with E-state index in [1.807, 2.05) is 0 Å². The molecule has 3 rings (SSSR count). The second-order valence-electron chi connectivity index (χ2n) is 5.42. The van der Waals surface area contributed by atoms with Crippen molar-refractivity contribution in [2.45, 2.75) is 0 Å². The number of cyclic esters (lactones) is 1. The van der Waals surface area contributed by atoms with E-state index in [-0.39, 0.29) is 11.6 Å². The summed E-state index contributed by atoms with van der Waals surface area (Å²) in [7, 11) is 4.53. The molecule has 1 heterocycles. The lowest BCUT2D eigenvalue weighted by molar-refractivity contribution is -0.129. The summed E-state index contributed by atoms with van der Waals surface area (Å²) in [5, 5.41) is 0.810. The van der Waals surface area contributed by atoms with Gasteiger partial charge in [-0.05, 0) is 42.0 Å². The van der Waals surface area contributed by atoms with Crippen molar-refractivity contribution in [2.24, 2.45) is 4.99 Å². The highest BCUT2D eigenvalue weighted by molar-refractivity contribution is 6.37. The van der Waals surface area contributed by atoms with Crippen LogP contribution in [0.2, 0.25) is 10.0 Å². The number of ether oxygens (including phenoxy) is 4. The van der Waals surface area contributed by atoms with Crippen molar-refractivity contribution in [3.8, 4) is 17.2 Å². The van der Waals surface area contributed by atoms with Crippen LogP contribution >= 0.6 is 23.2 Å². The molecule has 1 aliphatic heterocycles. The number of esters is 1. The molecule has 0 amide bonds. The molecule has 140 valence electrons. The number of carbonyl (C=O) groups is 1. The number of nitrogens with zero attached hydrogens (tertiary/aromatic N) is 1. The molecule has 2 aromatic carbocycles. The van der Waals surface area contributed by atoms with Crippen molar-refractivity contribution in [2.75, 3.05) is 21.3 Å². The Kier molecular flexibility index (Phi) is 5.58. The van der Waals surface area contributed by atoms with Gasteiger partial charge in [-0.1, -0.05) is 23.2 Å². The van der Waals surface area contributed by atoms with Crippen LogP contribution in [-0.2, 0) is 9.53 Å². The average molecular weight is 408 g/mol. The number of hydrogen-bond donors (Lipinski definition) is 0. The number of rotatable bonds is 5. The highest BCUT2D eigenvalue weighted by Crippen LogP contribution is 2.39. The summed E-state index contributed by atoms with van der Waals surface area (Å²) in [5.74, 6) is 0.887. The monoisotopic (exact) mass is 407 g/mol. The lowest BCUT2D eigenvalue weighted by Crippen LogP contribution is -2.05. The smallest absolute Gasteiger partial charge is 0.363 e. The first-order valence-electron chi connectivity index (χ1n) is 7.74. The first kappa shape index (κ1) is 19.1. The van der Waals surface area contributed by atoms with Crippen LogP contribution in [0.25, 0.3) is 6.08 Å². The van der Waals surface area contributed by atoms with Crippen LogP contribution in [-0.4, -0.2) is 33.2 Å². The molecule has 0 saturated heterocycles. The van der Waals surface area contributed by atoms with E-state index < -0.39 is 5.97 Å². The van der Waals surface area contributed by atoms with Gasteiger partial charge in [0.25, 0.3) is 0 Å². The second kappa shape index (κ2) is 7.90. The Hall–Kier alpha value is -2.70. The molecule has 1 aliphatic rings. The fourth-order valence-electron chi connectivity index (χ4n) is 2.53. The molecule has 0 fully saturated rings. The van der Waals surface area contributed by atoms with Crippen molar-refractivity contribution in [3.05, 3.63) is 57.2 Å². The maximum Gasteiger partial charge on any atom is 0.363 e. The van der Waals surface area contributed by atoms with E-state index in [0.29, 0.717) is 38.4 Å². The molecule has 0 atom stereocenters. The van der Waals surface area contributed by atoms with Gasteiger partial charge in [-0.2, -0.15) is 0 Å². The van der Waals surface area contributed by atoms with Gasteiger partial charge in [0.15, 0.2) is 17.2 Å². The van der Waals surface area contributed by atoms with Crippen LogP contribution in [0, 0.1) is 0 Å². The van der Waals surface area contributed by atoms with Crippen molar-refractivity contribution in [1.82, 2.24) is 0 Å². The SMILES string of the molecule is COc1cc(C=C2N=C(c3ccc(Cl)cc3Cl)OC2=O)cc(OC)c1OC. The summed E-state index contributed by atoms with van der Waals surface area (Å²) in [5.41, 5.74) is 1.22. The summed E-state index contributed by atoms with van der Waals surface area (Å²) >= 11 is 12.0. The summed E-state index contributed by atoms with van der Waals surface area (Å²) in [4.78, 5) is 16.5. The average Bonchev–Trinajstić information content (AvgIpc) is 3.00. The maximum absolute atomic E-state index is 12.2. The molecule has 0 bridgehead atoms. The van der Waals surface area contributed by atoms with Crippen LogP contribution in [0.5, 0.6) is 17.2 Å². The van der Waals surface area contributed by atoms with Crippen molar-refractivity contribution < 1.29 is 23.7 Å². The van der Waals surface area contributed by atoms with Gasteiger partial charge in [0.05, 0.1) is 31.9 Å². The Morgan fingerprint density at radius 1 is 1.00 bits per heavy atom. The topological polar surface area (TPSA) is 66.4 Å². The number of aliphatic imine (C=N–C) groups is 1. The Bertz CT molecular complexity index is 944. The molecule has 0 spiro atoms. The van der Waals surface area contributed by atoms with E-state index in [2.05, 4.69) is 4.99 Å². The minimum Gasteiger partial charge on any atom is -0.493 e. The predicted molar refractivity (Wildman–Crippen MR) is 103 cm³/mol. The third kappa shape index (κ3) is 3.86. The first-order chi connectivity index (χ1) is 13.0. The van der Waals surface area contributed by atoms with Crippen LogP contribution < -0.4 is 14.2 Å². The van der Waals surface area contributed by atoms with E-state index in [9.17, 15) is 4.79 Å². The van der Waals surface area contributed by atoms with Gasteiger partial charge < -0.3 is 18.9 Å². The van der Waals surface area contributed by atoms with Crippen LogP contribution in [0.4, 0.5) is 0 Å². The molecule has 0 aliphatic carbocycles. The highest BCUT2D eigenvalue weighted by Gasteiger charge is 2.26. The fraction of sp³-hybridized carbons (Fsp3) is 0.158. The largest absolute Gasteiger partial charge is 0.493 e. The summed E-state index contributed by atoms with van der Waals surface area (Å²) < 4.78 is 21.1. The van der Waals surface area contributed by atoms with Gasteiger partial charge in [0.1, 0.15) is 0 Å². The zero-order valence-electron chi connectivity index (χ0n) is 14.7.